The Hall–Kier alpha value is -2.10. The molecule has 1 aromatic carbocycles. The number of benzene rings is 1. The van der Waals surface area contributed by atoms with Crippen LogP contribution in [0, 0.1) is 5.82 Å². The lowest BCUT2D eigenvalue weighted by molar-refractivity contribution is 0.223. The van der Waals surface area contributed by atoms with Gasteiger partial charge in [0.15, 0.2) is 5.96 Å². The molecule has 2 N–H and O–H groups in total. The third-order valence-electron chi connectivity index (χ3n) is 4.74. The number of ether oxygens (including phenoxy) is 1. The molecule has 29 heavy (non-hydrogen) atoms. The Balaban J connectivity index is 0.00000300. The van der Waals surface area contributed by atoms with Crippen molar-refractivity contribution in [3.63, 3.8) is 0 Å². The number of nitrogens with one attached hydrogen (secondary N) is 2. The van der Waals surface area contributed by atoms with E-state index in [1.54, 1.807) is 19.2 Å². The van der Waals surface area contributed by atoms with Gasteiger partial charge in [0.05, 0.1) is 6.54 Å². The van der Waals surface area contributed by atoms with Crippen LogP contribution in [-0.2, 0) is 0 Å². The zero-order valence-corrected chi connectivity index (χ0v) is 19.2. The molecule has 2 heterocycles. The van der Waals surface area contributed by atoms with Gasteiger partial charge in [-0.05, 0) is 56.2 Å². The van der Waals surface area contributed by atoms with Gasteiger partial charge in [0.1, 0.15) is 23.5 Å². The summed E-state index contributed by atoms with van der Waals surface area (Å²) >= 11 is 0. The number of nitrogens with zero attached hydrogens (tertiary/aromatic N) is 3. The van der Waals surface area contributed by atoms with Gasteiger partial charge < -0.3 is 20.3 Å². The quantitative estimate of drug-likeness (QED) is 0.352. The molecule has 0 aliphatic carbocycles. The lowest BCUT2D eigenvalue weighted by Gasteiger charge is -2.33. The molecule has 2 aromatic rings. The lowest BCUT2D eigenvalue weighted by atomic mass is 10.1. The SMILES string of the molecule is CN=C(NCC(C)Oc1ccc(F)cc1)NC1CCN(c2ccccn2)CC1.I. The molecular weight excluding hydrogens is 484 g/mol. The van der Waals surface area contributed by atoms with Crippen molar-refractivity contribution in [2.45, 2.75) is 31.9 Å². The zero-order valence-electron chi connectivity index (χ0n) is 16.8. The minimum absolute atomic E-state index is 0. The van der Waals surface area contributed by atoms with Crippen molar-refractivity contribution >= 4 is 35.8 Å². The van der Waals surface area contributed by atoms with E-state index < -0.39 is 0 Å². The van der Waals surface area contributed by atoms with Crippen LogP contribution >= 0.6 is 24.0 Å². The van der Waals surface area contributed by atoms with E-state index in [4.69, 9.17) is 4.74 Å². The number of aliphatic imine (C=N–C) groups is 1. The smallest absolute Gasteiger partial charge is 0.191 e. The van der Waals surface area contributed by atoms with E-state index in [-0.39, 0.29) is 35.9 Å². The van der Waals surface area contributed by atoms with E-state index in [0.29, 0.717) is 18.3 Å². The maximum atomic E-state index is 13.0. The largest absolute Gasteiger partial charge is 0.489 e. The molecule has 0 amide bonds. The summed E-state index contributed by atoms with van der Waals surface area (Å²) in [5.74, 6) is 2.19. The fourth-order valence-electron chi connectivity index (χ4n) is 3.21. The second-order valence-electron chi connectivity index (χ2n) is 6.93. The van der Waals surface area contributed by atoms with Crippen molar-refractivity contribution in [2.24, 2.45) is 4.99 Å². The second kappa shape index (κ2) is 11.8. The Morgan fingerprint density at radius 2 is 1.97 bits per heavy atom. The molecule has 3 rings (SSSR count). The average Bonchev–Trinajstić information content (AvgIpc) is 2.74. The fraction of sp³-hybridized carbons (Fsp3) is 0.429. The summed E-state index contributed by atoms with van der Waals surface area (Å²) in [4.78, 5) is 11.1. The van der Waals surface area contributed by atoms with Crippen LogP contribution in [0.3, 0.4) is 0 Å². The predicted molar refractivity (Wildman–Crippen MR) is 126 cm³/mol. The van der Waals surface area contributed by atoms with Crippen LogP contribution in [0.2, 0.25) is 0 Å². The molecule has 1 unspecified atom stereocenters. The molecule has 6 nitrogen and oxygen atoms in total. The van der Waals surface area contributed by atoms with Crippen molar-refractivity contribution in [3.05, 3.63) is 54.5 Å². The molecule has 1 fully saturated rings. The van der Waals surface area contributed by atoms with Crippen LogP contribution in [-0.4, -0.2) is 49.8 Å². The first kappa shape index (κ1) is 23.2. The third kappa shape index (κ3) is 7.34. The monoisotopic (exact) mass is 513 g/mol. The van der Waals surface area contributed by atoms with Gasteiger partial charge in [-0.3, -0.25) is 4.99 Å². The minimum Gasteiger partial charge on any atom is -0.489 e. The number of pyridine rings is 1. The van der Waals surface area contributed by atoms with Crippen molar-refractivity contribution in [2.75, 3.05) is 31.6 Å². The number of halogens is 2. The topological polar surface area (TPSA) is 61.8 Å². The van der Waals surface area contributed by atoms with Gasteiger partial charge >= 0.3 is 0 Å². The number of rotatable bonds is 6. The Morgan fingerprint density at radius 3 is 2.59 bits per heavy atom. The summed E-state index contributed by atoms with van der Waals surface area (Å²) in [6, 6.07) is 12.4. The molecule has 1 aliphatic heterocycles. The molecule has 8 heteroatoms. The van der Waals surface area contributed by atoms with Gasteiger partial charge in [-0.1, -0.05) is 6.07 Å². The summed E-state index contributed by atoms with van der Waals surface area (Å²) in [6.07, 6.45) is 3.81. The zero-order chi connectivity index (χ0) is 19.8. The summed E-state index contributed by atoms with van der Waals surface area (Å²) in [7, 11) is 1.77. The van der Waals surface area contributed by atoms with Crippen LogP contribution in [0.4, 0.5) is 10.2 Å². The first-order valence-electron chi connectivity index (χ1n) is 9.69. The normalized spacial score (nSPS) is 16.0. The first-order valence-corrected chi connectivity index (χ1v) is 9.69. The predicted octanol–water partition coefficient (Wildman–Crippen LogP) is 3.44. The van der Waals surface area contributed by atoms with Gasteiger partial charge in [-0.25, -0.2) is 9.37 Å². The first-order chi connectivity index (χ1) is 13.6. The Kier molecular flexibility index (Phi) is 9.43. The number of guanidine groups is 1. The molecule has 1 aliphatic rings. The highest BCUT2D eigenvalue weighted by Gasteiger charge is 2.20. The van der Waals surface area contributed by atoms with E-state index in [1.165, 1.54) is 12.1 Å². The van der Waals surface area contributed by atoms with E-state index in [2.05, 4.69) is 31.6 Å². The van der Waals surface area contributed by atoms with Gasteiger partial charge in [0.2, 0.25) is 0 Å². The summed E-state index contributed by atoms with van der Waals surface area (Å²) in [5.41, 5.74) is 0. The third-order valence-corrected chi connectivity index (χ3v) is 4.74. The Labute approximate surface area is 189 Å². The summed E-state index contributed by atoms with van der Waals surface area (Å²) in [6.45, 7) is 4.50. The molecule has 0 bridgehead atoms. The highest BCUT2D eigenvalue weighted by molar-refractivity contribution is 14.0. The highest BCUT2D eigenvalue weighted by atomic mass is 127. The molecule has 1 saturated heterocycles. The lowest BCUT2D eigenvalue weighted by Crippen LogP contribution is -2.50. The highest BCUT2D eigenvalue weighted by Crippen LogP contribution is 2.17. The van der Waals surface area contributed by atoms with Crippen molar-refractivity contribution in [3.8, 4) is 5.75 Å². The van der Waals surface area contributed by atoms with Crippen molar-refractivity contribution in [1.29, 1.82) is 0 Å². The van der Waals surface area contributed by atoms with E-state index in [0.717, 1.165) is 37.7 Å². The molecule has 158 valence electrons. The van der Waals surface area contributed by atoms with Crippen molar-refractivity contribution in [1.82, 2.24) is 15.6 Å². The number of aromatic nitrogens is 1. The van der Waals surface area contributed by atoms with Crippen LogP contribution in [0.5, 0.6) is 5.75 Å². The molecule has 0 saturated carbocycles. The molecule has 1 atom stereocenters. The van der Waals surface area contributed by atoms with Gasteiger partial charge in [0.25, 0.3) is 0 Å². The molecule has 1 aromatic heterocycles. The van der Waals surface area contributed by atoms with Gasteiger partial charge in [-0.15, -0.1) is 24.0 Å². The Morgan fingerprint density at radius 1 is 1.24 bits per heavy atom. The standard InChI is InChI=1S/C21H28FN5O.HI/c1-16(28-19-8-6-17(22)7-9-19)15-25-21(23-2)26-18-10-13-27(14-11-18)20-5-3-4-12-24-20;/h3-9,12,16,18H,10-11,13-15H2,1-2H3,(H2,23,25,26);1H. The van der Waals surface area contributed by atoms with Crippen LogP contribution in [0.25, 0.3) is 0 Å². The van der Waals surface area contributed by atoms with Crippen LogP contribution in [0.15, 0.2) is 53.7 Å². The van der Waals surface area contributed by atoms with E-state index in [9.17, 15) is 4.39 Å². The molecule has 0 radical (unpaired) electrons. The number of piperidine rings is 1. The van der Waals surface area contributed by atoms with Crippen molar-refractivity contribution < 1.29 is 9.13 Å². The van der Waals surface area contributed by atoms with Crippen LogP contribution in [0.1, 0.15) is 19.8 Å². The second-order valence-corrected chi connectivity index (χ2v) is 6.93. The number of hydrogen-bond donors (Lipinski definition) is 2. The minimum atomic E-state index is -0.267. The maximum Gasteiger partial charge on any atom is 0.191 e. The van der Waals surface area contributed by atoms with Gasteiger partial charge in [-0.2, -0.15) is 0 Å². The van der Waals surface area contributed by atoms with E-state index >= 15 is 0 Å². The fourth-order valence-corrected chi connectivity index (χ4v) is 3.21. The summed E-state index contributed by atoms with van der Waals surface area (Å²) in [5, 5.41) is 6.80. The Bertz CT molecular complexity index is 751. The maximum absolute atomic E-state index is 13.0. The number of anilines is 1. The molecular formula is C21H29FIN5O. The van der Waals surface area contributed by atoms with Crippen LogP contribution < -0.4 is 20.3 Å². The number of hydrogen-bond acceptors (Lipinski definition) is 4. The van der Waals surface area contributed by atoms with E-state index in [1.807, 2.05) is 25.3 Å². The average molecular weight is 513 g/mol. The van der Waals surface area contributed by atoms with Gasteiger partial charge in [0, 0.05) is 32.4 Å². The molecule has 0 spiro atoms. The summed E-state index contributed by atoms with van der Waals surface area (Å²) < 4.78 is 18.8.